The van der Waals surface area contributed by atoms with E-state index in [1.807, 2.05) is 0 Å². The van der Waals surface area contributed by atoms with Gasteiger partial charge < -0.3 is 21.5 Å². The minimum absolute atomic E-state index is 0.404. The Kier molecular flexibility index (Phi) is 5.98. The highest BCUT2D eigenvalue weighted by molar-refractivity contribution is 5.92. The van der Waals surface area contributed by atoms with Gasteiger partial charge in [0, 0.05) is 25.9 Å². The minimum Gasteiger partial charge on any atom is -0.380 e. The fourth-order valence-corrected chi connectivity index (χ4v) is 1.22. The number of rotatable bonds is 8. The van der Waals surface area contributed by atoms with Crippen LogP contribution in [0, 0.1) is 0 Å². The average Bonchev–Trinajstić information content (AvgIpc) is 2.34. The van der Waals surface area contributed by atoms with E-state index in [1.54, 1.807) is 12.1 Å². The van der Waals surface area contributed by atoms with Gasteiger partial charge in [0.1, 0.15) is 5.82 Å². The molecule has 0 aromatic carbocycles. The Morgan fingerprint density at radius 2 is 2.24 bits per heavy atom. The van der Waals surface area contributed by atoms with Crippen LogP contribution in [0.3, 0.4) is 0 Å². The molecule has 0 spiro atoms. The van der Waals surface area contributed by atoms with Crippen LogP contribution in [-0.2, 0) is 4.74 Å². The van der Waals surface area contributed by atoms with Crippen molar-refractivity contribution >= 4 is 11.7 Å². The fraction of sp³-hybridized carbons (Fsp3) is 0.455. The molecule has 1 amide bonds. The molecule has 0 radical (unpaired) electrons. The maximum Gasteiger partial charge on any atom is 0.250 e. The molecule has 0 fully saturated rings. The number of carbonyl (C=O) groups excluding carboxylic acids is 1. The Morgan fingerprint density at radius 3 is 2.82 bits per heavy atom. The van der Waals surface area contributed by atoms with Gasteiger partial charge in [-0.1, -0.05) is 0 Å². The molecule has 0 aliphatic carbocycles. The summed E-state index contributed by atoms with van der Waals surface area (Å²) < 4.78 is 5.22. The van der Waals surface area contributed by atoms with Crippen molar-refractivity contribution in [2.24, 2.45) is 11.5 Å². The number of amides is 1. The van der Waals surface area contributed by atoms with Crippen LogP contribution in [0.15, 0.2) is 18.3 Å². The van der Waals surface area contributed by atoms with Gasteiger partial charge in [-0.25, -0.2) is 4.98 Å². The molecule has 0 aliphatic heterocycles. The standard InChI is InChI=1S/C11H18N4O2/c12-4-7-17-6-1-5-14-10-3-2-9(8-15-10)11(13)16/h2-3,8H,1,4-7,12H2,(H2,13,16)(H,14,15). The number of ether oxygens (including phenoxy) is 1. The van der Waals surface area contributed by atoms with E-state index < -0.39 is 5.91 Å². The predicted octanol–water partition coefficient (Wildman–Crippen LogP) is -0.0422. The lowest BCUT2D eigenvalue weighted by atomic mass is 10.3. The first kappa shape index (κ1) is 13.4. The van der Waals surface area contributed by atoms with Crippen molar-refractivity contribution in [3.8, 4) is 0 Å². The first-order chi connectivity index (χ1) is 8.24. The Bertz CT molecular complexity index is 340. The van der Waals surface area contributed by atoms with Crippen molar-refractivity contribution in [3.63, 3.8) is 0 Å². The number of primary amides is 1. The molecular formula is C11H18N4O2. The van der Waals surface area contributed by atoms with E-state index in [0.717, 1.165) is 13.0 Å². The number of aromatic nitrogens is 1. The number of anilines is 1. The zero-order valence-electron chi connectivity index (χ0n) is 9.69. The third-order valence-corrected chi connectivity index (χ3v) is 2.08. The number of nitrogens with zero attached hydrogens (tertiary/aromatic N) is 1. The van der Waals surface area contributed by atoms with Crippen LogP contribution in [-0.4, -0.2) is 37.2 Å². The van der Waals surface area contributed by atoms with Gasteiger partial charge in [0.15, 0.2) is 0 Å². The lowest BCUT2D eigenvalue weighted by Crippen LogP contribution is -2.13. The van der Waals surface area contributed by atoms with Gasteiger partial charge in [-0.3, -0.25) is 4.79 Å². The second-order valence-corrected chi connectivity index (χ2v) is 3.48. The molecule has 94 valence electrons. The van der Waals surface area contributed by atoms with Crippen molar-refractivity contribution in [1.82, 2.24) is 4.98 Å². The van der Waals surface area contributed by atoms with Crippen molar-refractivity contribution in [3.05, 3.63) is 23.9 Å². The quantitative estimate of drug-likeness (QED) is 0.551. The summed E-state index contributed by atoms with van der Waals surface area (Å²) >= 11 is 0. The smallest absolute Gasteiger partial charge is 0.250 e. The molecule has 5 N–H and O–H groups in total. The fourth-order valence-electron chi connectivity index (χ4n) is 1.22. The molecule has 1 rings (SSSR count). The zero-order chi connectivity index (χ0) is 12.5. The zero-order valence-corrected chi connectivity index (χ0v) is 9.69. The van der Waals surface area contributed by atoms with Crippen LogP contribution in [0.2, 0.25) is 0 Å². The lowest BCUT2D eigenvalue weighted by molar-refractivity contribution is 0.1000. The van der Waals surface area contributed by atoms with E-state index in [1.165, 1.54) is 6.20 Å². The number of pyridine rings is 1. The Labute approximate surface area is 100 Å². The second-order valence-electron chi connectivity index (χ2n) is 3.48. The molecule has 0 bridgehead atoms. The van der Waals surface area contributed by atoms with Crippen molar-refractivity contribution in [2.45, 2.75) is 6.42 Å². The number of nitrogens with one attached hydrogen (secondary N) is 1. The summed E-state index contributed by atoms with van der Waals surface area (Å²) in [6.45, 7) is 2.56. The molecule has 0 saturated carbocycles. The third kappa shape index (κ3) is 5.28. The number of hydrogen-bond donors (Lipinski definition) is 3. The van der Waals surface area contributed by atoms with Gasteiger partial charge in [0.2, 0.25) is 5.91 Å². The normalized spacial score (nSPS) is 10.2. The van der Waals surface area contributed by atoms with Gasteiger partial charge in [-0.15, -0.1) is 0 Å². The van der Waals surface area contributed by atoms with Crippen molar-refractivity contribution in [2.75, 3.05) is 31.6 Å². The molecule has 0 aliphatic rings. The largest absolute Gasteiger partial charge is 0.380 e. The Morgan fingerprint density at radius 1 is 1.41 bits per heavy atom. The molecule has 6 heteroatoms. The van der Waals surface area contributed by atoms with Gasteiger partial charge >= 0.3 is 0 Å². The SMILES string of the molecule is NCCOCCCNc1ccc(C(N)=O)cn1. The predicted molar refractivity (Wildman–Crippen MR) is 65.7 cm³/mol. The van der Waals surface area contributed by atoms with E-state index in [2.05, 4.69) is 10.3 Å². The van der Waals surface area contributed by atoms with E-state index in [4.69, 9.17) is 16.2 Å². The number of hydrogen-bond acceptors (Lipinski definition) is 5. The highest BCUT2D eigenvalue weighted by Gasteiger charge is 2.00. The average molecular weight is 238 g/mol. The van der Waals surface area contributed by atoms with E-state index >= 15 is 0 Å². The van der Waals surface area contributed by atoms with Crippen LogP contribution in [0.4, 0.5) is 5.82 Å². The second kappa shape index (κ2) is 7.59. The Balaban J connectivity index is 2.21. The summed E-state index contributed by atoms with van der Waals surface area (Å²) in [5, 5.41) is 3.11. The van der Waals surface area contributed by atoms with E-state index in [9.17, 15) is 4.79 Å². The molecule has 0 unspecified atom stereocenters. The van der Waals surface area contributed by atoms with Crippen LogP contribution >= 0.6 is 0 Å². The summed E-state index contributed by atoms with van der Waals surface area (Å²) in [5.41, 5.74) is 10.8. The first-order valence-corrected chi connectivity index (χ1v) is 5.51. The van der Waals surface area contributed by atoms with Crippen LogP contribution < -0.4 is 16.8 Å². The highest BCUT2D eigenvalue weighted by atomic mass is 16.5. The van der Waals surface area contributed by atoms with Crippen LogP contribution in [0.5, 0.6) is 0 Å². The number of nitrogens with two attached hydrogens (primary N) is 2. The summed E-state index contributed by atoms with van der Waals surface area (Å²) in [6.07, 6.45) is 2.33. The number of carbonyl (C=O) groups is 1. The molecular weight excluding hydrogens is 220 g/mol. The van der Waals surface area contributed by atoms with Gasteiger partial charge in [0.25, 0.3) is 0 Å². The maximum absolute atomic E-state index is 10.8. The summed E-state index contributed by atoms with van der Waals surface area (Å²) in [4.78, 5) is 14.9. The van der Waals surface area contributed by atoms with Crippen LogP contribution in [0.25, 0.3) is 0 Å². The molecule has 17 heavy (non-hydrogen) atoms. The van der Waals surface area contributed by atoms with Crippen molar-refractivity contribution in [1.29, 1.82) is 0 Å². The lowest BCUT2D eigenvalue weighted by Gasteiger charge is -2.06. The van der Waals surface area contributed by atoms with Gasteiger partial charge in [-0.2, -0.15) is 0 Å². The van der Waals surface area contributed by atoms with Gasteiger partial charge in [-0.05, 0) is 18.6 Å². The topological polar surface area (TPSA) is 103 Å². The molecule has 1 heterocycles. The first-order valence-electron chi connectivity index (χ1n) is 5.51. The van der Waals surface area contributed by atoms with E-state index in [-0.39, 0.29) is 0 Å². The van der Waals surface area contributed by atoms with Gasteiger partial charge in [0.05, 0.1) is 12.2 Å². The molecule has 0 saturated heterocycles. The highest BCUT2D eigenvalue weighted by Crippen LogP contribution is 2.04. The summed E-state index contributed by atoms with van der Waals surface area (Å²) in [7, 11) is 0. The summed E-state index contributed by atoms with van der Waals surface area (Å²) in [6, 6.07) is 3.36. The summed E-state index contributed by atoms with van der Waals surface area (Å²) in [5.74, 6) is 0.244. The molecule has 6 nitrogen and oxygen atoms in total. The molecule has 1 aromatic heterocycles. The molecule has 1 aromatic rings. The van der Waals surface area contributed by atoms with E-state index in [0.29, 0.717) is 31.1 Å². The third-order valence-electron chi connectivity index (χ3n) is 2.08. The maximum atomic E-state index is 10.8. The van der Waals surface area contributed by atoms with Crippen LogP contribution in [0.1, 0.15) is 16.8 Å². The minimum atomic E-state index is -0.473. The molecule has 0 atom stereocenters. The monoisotopic (exact) mass is 238 g/mol. The van der Waals surface area contributed by atoms with Crippen molar-refractivity contribution < 1.29 is 9.53 Å². The Hall–Kier alpha value is -1.66.